The molecule has 11 heteroatoms. The lowest BCUT2D eigenvalue weighted by molar-refractivity contribution is -0.121. The number of nitrogens with zero attached hydrogens (tertiary/aromatic N) is 2. The first kappa shape index (κ1) is 23.4. The lowest BCUT2D eigenvalue weighted by Gasteiger charge is -2.32. The summed E-state index contributed by atoms with van der Waals surface area (Å²) in [4.78, 5) is 45.5. The van der Waals surface area contributed by atoms with Gasteiger partial charge in [0.25, 0.3) is 0 Å². The monoisotopic (exact) mass is 487 g/mol. The highest BCUT2D eigenvalue weighted by atomic mass is 32.2. The Morgan fingerprint density at radius 1 is 1.30 bits per heavy atom. The summed E-state index contributed by atoms with van der Waals surface area (Å²) in [5.41, 5.74) is 7.88. The molecule has 3 heterocycles. The predicted molar refractivity (Wildman–Crippen MR) is 131 cm³/mol. The molecule has 2 aliphatic rings. The van der Waals surface area contributed by atoms with Crippen molar-refractivity contribution in [1.82, 2.24) is 10.9 Å². The molecule has 0 saturated carbocycles. The zero-order valence-corrected chi connectivity index (χ0v) is 20.1. The van der Waals surface area contributed by atoms with Gasteiger partial charge in [0, 0.05) is 11.4 Å². The van der Waals surface area contributed by atoms with Crippen LogP contribution in [-0.4, -0.2) is 48.0 Å². The highest BCUT2D eigenvalue weighted by molar-refractivity contribution is 8.14. The molecule has 1 aromatic carbocycles. The maximum Gasteiger partial charge on any atom is 0.341 e. The van der Waals surface area contributed by atoms with Gasteiger partial charge in [-0.05, 0) is 38.5 Å². The summed E-state index contributed by atoms with van der Waals surface area (Å²) in [7, 11) is 0. The number of hydrazine groups is 1. The Balaban J connectivity index is 1.51. The standard InChI is InChI=1S/C22H25N5O4S2/c1-4-31-21(30)17-12(2)13(3)33-19(17)24-16(28)11-32-22-25-18-15(10-23-26-18)20(29)27(22)14-8-6-5-7-9-14/h5-9,15,18,23,26H,4,10-11H2,1-3H3,(H,24,28). The Hall–Kier alpha value is -2.73. The Morgan fingerprint density at radius 3 is 2.79 bits per heavy atom. The van der Waals surface area contributed by atoms with Gasteiger partial charge in [-0.25, -0.2) is 15.2 Å². The minimum absolute atomic E-state index is 0.0263. The molecule has 9 nitrogen and oxygen atoms in total. The number of esters is 1. The van der Waals surface area contributed by atoms with E-state index in [0.29, 0.717) is 28.0 Å². The molecule has 0 bridgehead atoms. The first-order valence-corrected chi connectivity index (χ1v) is 12.4. The van der Waals surface area contributed by atoms with Crippen LogP contribution in [0.3, 0.4) is 0 Å². The summed E-state index contributed by atoms with van der Waals surface area (Å²) in [5, 5.41) is 3.75. The minimum atomic E-state index is -0.453. The number of para-hydroxylation sites is 1. The fraction of sp³-hybridized carbons (Fsp3) is 0.364. The van der Waals surface area contributed by atoms with E-state index in [9.17, 15) is 14.4 Å². The van der Waals surface area contributed by atoms with Crippen LogP contribution in [0.1, 0.15) is 27.7 Å². The highest BCUT2D eigenvalue weighted by Crippen LogP contribution is 2.34. The third-order valence-electron chi connectivity index (χ3n) is 5.40. The number of thioether (sulfide) groups is 1. The summed E-state index contributed by atoms with van der Waals surface area (Å²) in [6.07, 6.45) is -0.374. The molecule has 2 aliphatic heterocycles. The molecule has 174 valence electrons. The molecule has 0 radical (unpaired) electrons. The number of amidine groups is 1. The van der Waals surface area contributed by atoms with Gasteiger partial charge in [0.2, 0.25) is 11.8 Å². The van der Waals surface area contributed by atoms with Crippen LogP contribution in [0.2, 0.25) is 0 Å². The zero-order valence-electron chi connectivity index (χ0n) is 18.5. The van der Waals surface area contributed by atoms with Gasteiger partial charge in [0.15, 0.2) is 5.17 Å². The Morgan fingerprint density at radius 2 is 2.06 bits per heavy atom. The average molecular weight is 488 g/mol. The van der Waals surface area contributed by atoms with Gasteiger partial charge in [-0.15, -0.1) is 11.3 Å². The number of thiophene rings is 1. The van der Waals surface area contributed by atoms with Crippen molar-refractivity contribution in [2.24, 2.45) is 10.9 Å². The van der Waals surface area contributed by atoms with E-state index in [2.05, 4.69) is 21.2 Å². The minimum Gasteiger partial charge on any atom is -0.462 e. The quantitative estimate of drug-likeness (QED) is 0.537. The van der Waals surface area contributed by atoms with Gasteiger partial charge in [0.1, 0.15) is 11.2 Å². The molecule has 2 unspecified atom stereocenters. The number of carbonyl (C=O) groups is 3. The Labute approximate surface area is 199 Å². The zero-order chi connectivity index (χ0) is 23.5. The fourth-order valence-electron chi connectivity index (χ4n) is 3.64. The molecule has 1 aromatic heterocycles. The van der Waals surface area contributed by atoms with E-state index >= 15 is 0 Å². The maximum atomic E-state index is 13.2. The highest BCUT2D eigenvalue weighted by Gasteiger charge is 2.42. The number of carbonyl (C=O) groups excluding carboxylic acids is 3. The summed E-state index contributed by atoms with van der Waals surface area (Å²) in [6.45, 7) is 6.21. The summed E-state index contributed by atoms with van der Waals surface area (Å²) in [5.74, 6) is -1.11. The van der Waals surface area contributed by atoms with Gasteiger partial charge in [0.05, 0.1) is 29.5 Å². The smallest absolute Gasteiger partial charge is 0.341 e. The number of fused-ring (bicyclic) bond motifs is 1. The van der Waals surface area contributed by atoms with Gasteiger partial charge in [-0.2, -0.15) is 0 Å². The topological polar surface area (TPSA) is 112 Å². The molecule has 2 aromatic rings. The van der Waals surface area contributed by atoms with Crippen molar-refractivity contribution in [1.29, 1.82) is 0 Å². The van der Waals surface area contributed by atoms with Crippen molar-refractivity contribution in [3.63, 3.8) is 0 Å². The normalized spacial score (nSPS) is 19.8. The number of nitrogens with one attached hydrogen (secondary N) is 3. The number of anilines is 2. The van der Waals surface area contributed by atoms with E-state index in [1.54, 1.807) is 11.8 Å². The van der Waals surface area contributed by atoms with Crippen LogP contribution in [0.5, 0.6) is 0 Å². The van der Waals surface area contributed by atoms with Crippen molar-refractivity contribution < 1.29 is 19.1 Å². The summed E-state index contributed by atoms with van der Waals surface area (Å²) in [6, 6.07) is 9.27. The SMILES string of the molecule is CCOC(=O)c1c(NC(=O)CSC2=NC3NNCC3C(=O)N2c2ccccc2)sc(C)c1C. The molecule has 2 amide bonds. The van der Waals surface area contributed by atoms with Gasteiger partial charge >= 0.3 is 5.97 Å². The lowest BCUT2D eigenvalue weighted by Crippen LogP contribution is -2.49. The number of benzene rings is 1. The van der Waals surface area contributed by atoms with Gasteiger partial charge < -0.3 is 10.1 Å². The molecule has 3 N–H and O–H groups in total. The first-order chi connectivity index (χ1) is 15.9. The molecule has 0 aliphatic carbocycles. The van der Waals surface area contributed by atoms with Crippen molar-refractivity contribution in [3.05, 3.63) is 46.3 Å². The molecular formula is C22H25N5O4S2. The number of rotatable bonds is 6. The lowest BCUT2D eigenvalue weighted by atomic mass is 10.1. The third kappa shape index (κ3) is 4.81. The number of hydrogen-bond donors (Lipinski definition) is 3. The largest absolute Gasteiger partial charge is 0.462 e. The van der Waals surface area contributed by atoms with E-state index in [4.69, 9.17) is 4.74 Å². The van der Waals surface area contributed by atoms with Crippen LogP contribution in [0.25, 0.3) is 0 Å². The average Bonchev–Trinajstić information content (AvgIpc) is 3.37. The van der Waals surface area contributed by atoms with Crippen molar-refractivity contribution in [3.8, 4) is 0 Å². The second-order valence-corrected chi connectivity index (χ2v) is 9.71. The molecule has 4 rings (SSSR count). The van der Waals surface area contributed by atoms with Crippen LogP contribution < -0.4 is 21.1 Å². The predicted octanol–water partition coefficient (Wildman–Crippen LogP) is 2.67. The van der Waals surface area contributed by atoms with Crippen LogP contribution in [0.4, 0.5) is 10.7 Å². The van der Waals surface area contributed by atoms with Crippen LogP contribution in [-0.2, 0) is 14.3 Å². The van der Waals surface area contributed by atoms with Crippen LogP contribution in [0, 0.1) is 19.8 Å². The van der Waals surface area contributed by atoms with Crippen LogP contribution in [0.15, 0.2) is 35.3 Å². The summed E-state index contributed by atoms with van der Waals surface area (Å²) >= 11 is 2.52. The maximum absolute atomic E-state index is 13.2. The van der Waals surface area contributed by atoms with Crippen LogP contribution >= 0.6 is 23.1 Å². The Kier molecular flexibility index (Phi) is 7.13. The molecule has 33 heavy (non-hydrogen) atoms. The molecule has 2 atom stereocenters. The van der Waals surface area contributed by atoms with Gasteiger partial charge in [-0.3, -0.25) is 19.9 Å². The third-order valence-corrected chi connectivity index (χ3v) is 7.47. The molecule has 1 saturated heterocycles. The van der Waals surface area contributed by atoms with Crippen molar-refractivity contribution >= 4 is 56.7 Å². The molecular weight excluding hydrogens is 462 g/mol. The van der Waals surface area contributed by atoms with E-state index in [1.807, 2.05) is 44.2 Å². The van der Waals surface area contributed by atoms with Crippen molar-refractivity contribution in [2.75, 3.05) is 29.1 Å². The van der Waals surface area contributed by atoms with E-state index in [0.717, 1.165) is 10.4 Å². The van der Waals surface area contributed by atoms with E-state index in [1.165, 1.54) is 23.1 Å². The fourth-order valence-corrected chi connectivity index (χ4v) is 5.55. The van der Waals surface area contributed by atoms with Crippen molar-refractivity contribution in [2.45, 2.75) is 26.9 Å². The second kappa shape index (κ2) is 10.0. The molecule has 1 fully saturated rings. The summed E-state index contributed by atoms with van der Waals surface area (Å²) < 4.78 is 5.15. The number of hydrogen-bond acceptors (Lipinski definition) is 9. The van der Waals surface area contributed by atoms with Gasteiger partial charge in [-0.1, -0.05) is 30.0 Å². The number of amides is 2. The number of ether oxygens (including phenoxy) is 1. The molecule has 0 spiro atoms. The van der Waals surface area contributed by atoms with E-state index in [-0.39, 0.29) is 36.3 Å². The first-order valence-electron chi connectivity index (χ1n) is 10.6. The number of aryl methyl sites for hydroxylation is 1. The Bertz CT molecular complexity index is 1100. The second-order valence-electron chi connectivity index (χ2n) is 7.54. The number of aliphatic imine (C=N–C) groups is 1. The van der Waals surface area contributed by atoms with E-state index < -0.39 is 5.97 Å².